The second kappa shape index (κ2) is 13.4. The third-order valence-electron chi connectivity index (χ3n) is 11.5. The zero-order chi connectivity index (χ0) is 39.1. The second-order valence-electron chi connectivity index (χ2n) is 14.2. The molecular weight excluding hydrogens is 780 g/mol. The quantitative estimate of drug-likeness (QED) is 0.148. The van der Waals surface area contributed by atoms with Crippen molar-refractivity contribution in [2.24, 2.45) is 23.7 Å². The van der Waals surface area contributed by atoms with Crippen LogP contribution in [0.4, 0.5) is 24.7 Å². The summed E-state index contributed by atoms with van der Waals surface area (Å²) in [6.45, 7) is 1.99. The number of allylic oxidation sites excluding steroid dienone is 2. The number of imide groups is 2. The van der Waals surface area contributed by atoms with E-state index in [-0.39, 0.29) is 35.3 Å². The number of benzene rings is 3. The molecule has 0 radical (unpaired) electrons. The number of anilines is 2. The molecule has 8 rings (SSSR count). The van der Waals surface area contributed by atoms with Gasteiger partial charge in [0.15, 0.2) is 5.82 Å². The summed E-state index contributed by atoms with van der Waals surface area (Å²) in [7, 11) is 0. The summed E-state index contributed by atoms with van der Waals surface area (Å²) in [6, 6.07) is 18.4. The summed E-state index contributed by atoms with van der Waals surface area (Å²) < 4.78 is 40.4. The molecule has 2 aliphatic heterocycles. The Morgan fingerprint density at radius 3 is 2.24 bits per heavy atom. The lowest BCUT2D eigenvalue weighted by Crippen LogP contribution is -2.53. The Morgan fingerprint density at radius 1 is 0.891 bits per heavy atom. The average Bonchev–Trinajstić information content (AvgIpc) is 3.53. The number of pyridine rings is 1. The van der Waals surface area contributed by atoms with Gasteiger partial charge in [0.2, 0.25) is 11.8 Å². The first-order valence-electron chi connectivity index (χ1n) is 17.5. The van der Waals surface area contributed by atoms with Crippen LogP contribution in [0.15, 0.2) is 90.6 Å². The number of phenolic OH excluding ortho intramolecular Hbond substituents is 1. The molecule has 2 N–H and O–H groups in total. The fourth-order valence-corrected chi connectivity index (χ4v) is 9.63. The van der Waals surface area contributed by atoms with E-state index in [1.165, 1.54) is 17.0 Å². The molecule has 4 amide bonds. The van der Waals surface area contributed by atoms with Crippen molar-refractivity contribution in [1.29, 1.82) is 0 Å². The lowest BCUT2D eigenvalue weighted by Gasteiger charge is -2.50. The van der Waals surface area contributed by atoms with E-state index in [1.54, 1.807) is 42.5 Å². The van der Waals surface area contributed by atoms with Crippen LogP contribution >= 0.6 is 34.8 Å². The summed E-state index contributed by atoms with van der Waals surface area (Å²) in [4.78, 5) is 63.7. The van der Waals surface area contributed by atoms with Crippen molar-refractivity contribution < 1.29 is 37.5 Å². The molecule has 3 aromatic carbocycles. The molecule has 0 unspecified atom stereocenters. The van der Waals surface area contributed by atoms with Crippen LogP contribution < -0.4 is 10.3 Å². The number of carbonyl (C=O) groups excluding carboxylic acids is 4. The van der Waals surface area contributed by atoms with E-state index in [0.29, 0.717) is 44.7 Å². The summed E-state index contributed by atoms with van der Waals surface area (Å²) in [5.41, 5.74) is 2.50. The zero-order valence-corrected chi connectivity index (χ0v) is 31.0. The van der Waals surface area contributed by atoms with Gasteiger partial charge in [0.05, 0.1) is 39.4 Å². The van der Waals surface area contributed by atoms with Crippen molar-refractivity contribution in [3.63, 3.8) is 0 Å². The Kier molecular flexibility index (Phi) is 9.01. The molecule has 0 spiro atoms. The molecular formula is C40H30Cl3F3N4O5. The Hall–Kier alpha value is -4.91. The molecule has 2 aliphatic carbocycles. The van der Waals surface area contributed by atoms with Crippen LogP contribution in [0, 0.1) is 23.7 Å². The second-order valence-corrected chi connectivity index (χ2v) is 15.4. The number of aromatic nitrogens is 1. The highest BCUT2D eigenvalue weighted by Gasteiger charge is 2.70. The third-order valence-corrected chi connectivity index (χ3v) is 12.3. The number of aromatic hydroxyl groups is 1. The highest BCUT2D eigenvalue weighted by Crippen LogP contribution is 2.65. The molecule has 55 heavy (non-hydrogen) atoms. The molecule has 0 bridgehead atoms. The van der Waals surface area contributed by atoms with Crippen LogP contribution in [0.2, 0.25) is 15.1 Å². The predicted molar refractivity (Wildman–Crippen MR) is 198 cm³/mol. The fourth-order valence-electron chi connectivity index (χ4n) is 9.01. The third kappa shape index (κ3) is 5.71. The first kappa shape index (κ1) is 37.0. The number of carbonyl (C=O) groups is 4. The number of hydrogen-bond donors (Lipinski definition) is 2. The molecule has 1 aromatic heterocycles. The molecule has 3 heterocycles. The number of rotatable bonds is 6. The number of alkyl halides is 3. The van der Waals surface area contributed by atoms with Crippen molar-refractivity contribution in [3.05, 3.63) is 128 Å². The number of hydrazine groups is 1. The highest BCUT2D eigenvalue weighted by molar-refractivity contribution is 6.33. The Bertz CT molecular complexity index is 2320. The van der Waals surface area contributed by atoms with Gasteiger partial charge in [-0.1, -0.05) is 83.7 Å². The zero-order valence-electron chi connectivity index (χ0n) is 28.8. The normalized spacial score (nSPS) is 26.2. The average molecular weight is 810 g/mol. The van der Waals surface area contributed by atoms with Crippen LogP contribution in [0.25, 0.3) is 0 Å². The topological polar surface area (TPSA) is 120 Å². The van der Waals surface area contributed by atoms with Crippen molar-refractivity contribution in [1.82, 2.24) is 9.99 Å². The van der Waals surface area contributed by atoms with Crippen LogP contribution in [-0.2, 0) is 37.2 Å². The summed E-state index contributed by atoms with van der Waals surface area (Å²) in [5, 5.41) is 11.0. The van der Waals surface area contributed by atoms with E-state index in [9.17, 15) is 32.7 Å². The molecule has 2 saturated heterocycles. The fraction of sp³-hybridized carbons (Fsp3) is 0.275. The molecule has 282 valence electrons. The number of halogens is 6. The molecule has 9 nitrogen and oxygen atoms in total. The smallest absolute Gasteiger partial charge is 0.417 e. The summed E-state index contributed by atoms with van der Waals surface area (Å²) in [6.07, 6.45) is -1.50. The van der Waals surface area contributed by atoms with Gasteiger partial charge in [-0.2, -0.15) is 18.2 Å². The highest BCUT2D eigenvalue weighted by atomic mass is 35.5. The van der Waals surface area contributed by atoms with Crippen LogP contribution in [0.3, 0.4) is 0 Å². The molecule has 4 aromatic rings. The number of aryl methyl sites for hydroxylation is 1. The maximum absolute atomic E-state index is 15.3. The van der Waals surface area contributed by atoms with E-state index in [4.69, 9.17) is 34.8 Å². The number of phenols is 1. The number of amides is 4. The minimum absolute atomic E-state index is 0.0552. The molecule has 15 heteroatoms. The van der Waals surface area contributed by atoms with Crippen LogP contribution in [-0.4, -0.2) is 38.7 Å². The Morgan fingerprint density at radius 2 is 1.60 bits per heavy atom. The van der Waals surface area contributed by atoms with Gasteiger partial charge in [-0.15, -0.1) is 0 Å². The molecule has 4 aliphatic rings. The Balaban J connectivity index is 1.30. The lowest BCUT2D eigenvalue weighted by atomic mass is 9.49. The van der Waals surface area contributed by atoms with E-state index in [1.807, 2.05) is 25.1 Å². The maximum atomic E-state index is 15.3. The van der Waals surface area contributed by atoms with Crippen molar-refractivity contribution in [2.75, 3.05) is 10.3 Å². The summed E-state index contributed by atoms with van der Waals surface area (Å²) in [5.74, 6) is -7.49. The number of nitrogens with zero attached hydrogens (tertiary/aromatic N) is 3. The van der Waals surface area contributed by atoms with E-state index < -0.39 is 69.5 Å². The largest absolute Gasteiger partial charge is 0.508 e. The van der Waals surface area contributed by atoms with E-state index >= 15 is 4.79 Å². The first-order valence-corrected chi connectivity index (χ1v) is 18.6. The van der Waals surface area contributed by atoms with Gasteiger partial charge >= 0.3 is 6.18 Å². The minimum Gasteiger partial charge on any atom is -0.508 e. The van der Waals surface area contributed by atoms with Crippen LogP contribution in [0.5, 0.6) is 5.75 Å². The molecule has 1 saturated carbocycles. The summed E-state index contributed by atoms with van der Waals surface area (Å²) >= 11 is 19.5. The maximum Gasteiger partial charge on any atom is 0.417 e. The van der Waals surface area contributed by atoms with Crippen molar-refractivity contribution in [3.8, 4) is 5.75 Å². The SMILES string of the molecule is CCc1ccc(N2C(=O)[C@H]3[C@H](CC=C4[C@H]3C[C@H]3C(=O)N(Nc5ncc(C(F)(F)F)cc5Cl)C(=O)[C@@]3(c3ccc(Cl)cc3)[C@H]4c3ccc(O)cc3Cl)C2=O)cc1. The van der Waals surface area contributed by atoms with Gasteiger partial charge in [0, 0.05) is 22.2 Å². The molecule has 6 atom stereocenters. The van der Waals surface area contributed by atoms with Gasteiger partial charge < -0.3 is 5.11 Å². The monoisotopic (exact) mass is 808 g/mol. The number of nitrogens with one attached hydrogen (secondary N) is 1. The lowest BCUT2D eigenvalue weighted by molar-refractivity contribution is -0.139. The van der Waals surface area contributed by atoms with E-state index in [0.717, 1.165) is 12.0 Å². The van der Waals surface area contributed by atoms with E-state index in [2.05, 4.69) is 10.4 Å². The van der Waals surface area contributed by atoms with Gasteiger partial charge in [0.25, 0.3) is 11.8 Å². The predicted octanol–water partition coefficient (Wildman–Crippen LogP) is 8.52. The van der Waals surface area contributed by atoms with Gasteiger partial charge in [0.1, 0.15) is 5.75 Å². The standard InChI is InChI=1S/C40H30Cl3F3N4O5/c1-2-19-3-9-23(10-4-19)49-35(52)27-14-13-25-28(32(27)37(49)54)17-29-36(53)50(48-34-31(43)15-21(18-47-34)40(44,45)46)38(55)39(29,20-5-7-22(41)8-6-20)33(25)26-12-11-24(51)16-30(26)42/h3-13,15-16,18,27-29,32-33,51H,2,14,17H2,1H3,(H,47,48)/t27-,28+,29-,32-,33+,39+/m0/s1. The van der Waals surface area contributed by atoms with Crippen LogP contribution in [0.1, 0.15) is 47.9 Å². The molecule has 3 fully saturated rings. The van der Waals surface area contributed by atoms with Gasteiger partial charge in [-0.3, -0.25) is 29.5 Å². The minimum atomic E-state index is -4.76. The number of fused-ring (bicyclic) bond motifs is 4. The number of hydrogen-bond acceptors (Lipinski definition) is 7. The van der Waals surface area contributed by atoms with Crippen molar-refractivity contribution in [2.45, 2.75) is 43.7 Å². The van der Waals surface area contributed by atoms with Crippen molar-refractivity contribution >= 4 is 69.9 Å². The first-order chi connectivity index (χ1) is 26.2. The van der Waals surface area contributed by atoms with Gasteiger partial charge in [-0.05, 0) is 84.3 Å². The van der Waals surface area contributed by atoms with Gasteiger partial charge in [-0.25, -0.2) is 4.98 Å². The Labute approximate surface area is 327 Å².